The lowest BCUT2D eigenvalue weighted by Gasteiger charge is -2.52. The molecule has 0 N–H and O–H groups in total. The molecule has 0 saturated heterocycles. The van der Waals surface area contributed by atoms with E-state index in [1.165, 1.54) is 100 Å². The standard InChI is InChI=1S/C57H60N2Si2/c1-37-31-47(32-38(2)41(37)5)58(44-21-15-13-16-22-44)46-28-30-49-43(35-46)27-29-52-55-51-26-20-19-25-50(51)54(36-53(55)57(56(49)52,60(7,8)9)61(10,11)12)59(45-23-17-14-18-24-45)48-33-39(3)42(6)40(4)34-48/h13-36H,1-12H3. The van der Waals surface area contributed by atoms with E-state index in [1.54, 1.807) is 5.56 Å². The van der Waals surface area contributed by atoms with Crippen molar-refractivity contribution < 1.29 is 0 Å². The van der Waals surface area contributed by atoms with Crippen molar-refractivity contribution in [2.75, 3.05) is 9.80 Å². The summed E-state index contributed by atoms with van der Waals surface area (Å²) in [5.74, 6) is 0. The molecule has 8 aromatic carbocycles. The highest BCUT2D eigenvalue weighted by atomic mass is 28.4. The van der Waals surface area contributed by atoms with E-state index in [1.807, 2.05) is 0 Å². The van der Waals surface area contributed by atoms with Gasteiger partial charge in [-0.1, -0.05) is 118 Å². The number of rotatable bonds is 8. The van der Waals surface area contributed by atoms with Gasteiger partial charge in [-0.3, -0.25) is 0 Å². The van der Waals surface area contributed by atoms with Crippen molar-refractivity contribution in [3.8, 4) is 11.1 Å². The number of aryl methyl sites for hydroxylation is 4. The number of para-hydroxylation sites is 2. The third kappa shape index (κ3) is 6.32. The fourth-order valence-corrected chi connectivity index (χ4v) is 24.4. The number of fused-ring (bicyclic) bond motifs is 7. The lowest BCUT2D eigenvalue weighted by molar-refractivity contribution is 0.962. The van der Waals surface area contributed by atoms with Gasteiger partial charge in [-0.25, -0.2) is 0 Å². The summed E-state index contributed by atoms with van der Waals surface area (Å²) in [6, 6.07) is 55.5. The maximum absolute atomic E-state index is 2.66. The van der Waals surface area contributed by atoms with Crippen molar-refractivity contribution in [1.82, 2.24) is 0 Å². The molecule has 306 valence electrons. The summed E-state index contributed by atoms with van der Waals surface area (Å²) in [5.41, 5.74) is 21.1. The van der Waals surface area contributed by atoms with Crippen molar-refractivity contribution in [2.45, 2.75) is 85.5 Å². The first-order valence-corrected chi connectivity index (χ1v) is 29.0. The summed E-state index contributed by atoms with van der Waals surface area (Å²) in [5, 5.41) is 5.31. The van der Waals surface area contributed by atoms with Crippen LogP contribution in [0.15, 0.2) is 146 Å². The lowest BCUT2D eigenvalue weighted by Crippen LogP contribution is -2.63. The highest BCUT2D eigenvalue weighted by molar-refractivity contribution is 7.00. The van der Waals surface area contributed by atoms with Crippen LogP contribution >= 0.6 is 0 Å². The highest BCUT2D eigenvalue weighted by Gasteiger charge is 2.60. The van der Waals surface area contributed by atoms with Crippen LogP contribution in [0, 0.1) is 41.5 Å². The number of anilines is 6. The van der Waals surface area contributed by atoms with Gasteiger partial charge in [0.2, 0.25) is 0 Å². The van der Waals surface area contributed by atoms with E-state index in [0.717, 1.165) is 5.69 Å². The van der Waals surface area contributed by atoms with Crippen molar-refractivity contribution in [3.63, 3.8) is 0 Å². The predicted octanol–water partition coefficient (Wildman–Crippen LogP) is 16.8. The zero-order valence-electron chi connectivity index (χ0n) is 38.3. The molecule has 0 fully saturated rings. The van der Waals surface area contributed by atoms with Crippen molar-refractivity contribution in [2.24, 2.45) is 0 Å². The minimum atomic E-state index is -2.08. The Kier molecular flexibility index (Phi) is 9.84. The molecule has 0 aromatic heterocycles. The summed E-state index contributed by atoms with van der Waals surface area (Å²) in [4.78, 5) is 4.98. The number of nitrogens with zero attached hydrogens (tertiary/aromatic N) is 2. The second-order valence-electron chi connectivity index (χ2n) is 19.8. The second-order valence-corrected chi connectivity index (χ2v) is 30.8. The van der Waals surface area contributed by atoms with Crippen LogP contribution in [0.3, 0.4) is 0 Å². The molecule has 0 atom stereocenters. The van der Waals surface area contributed by atoms with Crippen molar-refractivity contribution >= 4 is 71.8 Å². The van der Waals surface area contributed by atoms with Gasteiger partial charge >= 0.3 is 0 Å². The molecule has 0 unspecified atom stereocenters. The van der Waals surface area contributed by atoms with Crippen LogP contribution < -0.4 is 9.80 Å². The Labute approximate surface area is 366 Å². The van der Waals surface area contributed by atoms with Crippen LogP contribution in [0.2, 0.25) is 39.3 Å². The predicted molar refractivity (Wildman–Crippen MR) is 272 cm³/mol. The molecular formula is C57H60N2Si2. The van der Waals surface area contributed by atoms with Crippen molar-refractivity contribution in [3.05, 3.63) is 190 Å². The fourth-order valence-electron chi connectivity index (χ4n) is 11.3. The van der Waals surface area contributed by atoms with E-state index in [2.05, 4.69) is 236 Å². The van der Waals surface area contributed by atoms with Gasteiger partial charge in [0.15, 0.2) is 0 Å². The van der Waals surface area contributed by atoms with Crippen molar-refractivity contribution in [1.29, 1.82) is 0 Å². The number of hydrogen-bond donors (Lipinski definition) is 0. The van der Waals surface area contributed by atoms with Gasteiger partial charge in [0, 0.05) is 38.5 Å². The van der Waals surface area contributed by atoms with Crippen LogP contribution in [0.25, 0.3) is 32.7 Å². The zero-order valence-corrected chi connectivity index (χ0v) is 40.3. The minimum absolute atomic E-state index is 0.0871. The Bertz CT molecular complexity index is 2950. The van der Waals surface area contributed by atoms with E-state index >= 15 is 0 Å². The van der Waals surface area contributed by atoms with E-state index in [4.69, 9.17) is 0 Å². The zero-order chi connectivity index (χ0) is 43.2. The topological polar surface area (TPSA) is 6.48 Å². The maximum atomic E-state index is 2.66. The van der Waals surface area contributed by atoms with Gasteiger partial charge in [0.05, 0.1) is 21.8 Å². The van der Waals surface area contributed by atoms with Gasteiger partial charge in [0.25, 0.3) is 0 Å². The first-order valence-electron chi connectivity index (χ1n) is 22.0. The molecule has 61 heavy (non-hydrogen) atoms. The van der Waals surface area contributed by atoms with Crippen LogP contribution in [0.1, 0.15) is 44.5 Å². The second kappa shape index (κ2) is 14.7. The maximum Gasteiger partial charge on any atom is 0.0579 e. The van der Waals surface area contributed by atoms with Crippen LogP contribution in [-0.4, -0.2) is 16.1 Å². The van der Waals surface area contributed by atoms with E-state index in [-0.39, 0.29) is 4.66 Å². The van der Waals surface area contributed by atoms with Gasteiger partial charge in [-0.15, -0.1) is 0 Å². The average molecular weight is 829 g/mol. The molecule has 8 aromatic rings. The Morgan fingerprint density at radius 3 is 1.39 bits per heavy atom. The molecule has 0 spiro atoms. The smallest absolute Gasteiger partial charge is 0.0579 e. The van der Waals surface area contributed by atoms with E-state index in [9.17, 15) is 0 Å². The molecule has 0 saturated carbocycles. The molecule has 4 heteroatoms. The first-order chi connectivity index (χ1) is 29.0. The molecule has 0 aliphatic heterocycles. The minimum Gasteiger partial charge on any atom is -0.310 e. The Morgan fingerprint density at radius 2 is 0.869 bits per heavy atom. The molecule has 0 bridgehead atoms. The number of benzene rings is 8. The lowest BCUT2D eigenvalue weighted by atomic mass is 9.94. The van der Waals surface area contributed by atoms with Crippen LogP contribution in [0.5, 0.6) is 0 Å². The number of hydrogen-bond acceptors (Lipinski definition) is 2. The largest absolute Gasteiger partial charge is 0.310 e. The van der Waals surface area contributed by atoms with Crippen LogP contribution in [0.4, 0.5) is 34.1 Å². The molecule has 0 heterocycles. The van der Waals surface area contributed by atoms with Gasteiger partial charge in [-0.05, 0) is 180 Å². The third-order valence-corrected chi connectivity index (χ3v) is 24.2. The molecular weight excluding hydrogens is 769 g/mol. The van der Waals surface area contributed by atoms with E-state index < -0.39 is 16.1 Å². The SMILES string of the molecule is Cc1cc(N(c2ccccc2)c2ccc3c4c(ccc3c2)-c2c(cc(N(c3ccccc3)c3cc(C)c(C)c(C)c3)c3ccccc23)C4([Si](C)(C)C)[Si](C)(C)C)cc(C)c1C. The normalized spacial score (nSPS) is 13.4. The first kappa shape index (κ1) is 40.7. The highest BCUT2D eigenvalue weighted by Crippen LogP contribution is 2.62. The Hall–Kier alpha value is -5.69. The molecule has 0 amide bonds. The third-order valence-electron chi connectivity index (χ3n) is 14.2. The van der Waals surface area contributed by atoms with Gasteiger partial charge < -0.3 is 9.80 Å². The molecule has 1 aliphatic rings. The summed E-state index contributed by atoms with van der Waals surface area (Å²) >= 11 is 0. The molecule has 9 rings (SSSR count). The van der Waals surface area contributed by atoms with E-state index in [0.29, 0.717) is 0 Å². The Balaban J connectivity index is 1.36. The van der Waals surface area contributed by atoms with Crippen LogP contribution in [-0.2, 0) is 4.66 Å². The summed E-state index contributed by atoms with van der Waals surface area (Å²) in [6.07, 6.45) is 0. The fraction of sp³-hybridized carbons (Fsp3) is 0.228. The van der Waals surface area contributed by atoms with Gasteiger partial charge in [0.1, 0.15) is 0 Å². The summed E-state index contributed by atoms with van der Waals surface area (Å²) < 4.78 is -0.0871. The monoisotopic (exact) mass is 828 g/mol. The molecule has 2 nitrogen and oxygen atoms in total. The molecule has 1 aliphatic carbocycles. The summed E-state index contributed by atoms with van der Waals surface area (Å²) in [6.45, 7) is 29.3. The summed E-state index contributed by atoms with van der Waals surface area (Å²) in [7, 11) is -4.17. The Morgan fingerprint density at radius 1 is 0.393 bits per heavy atom. The van der Waals surface area contributed by atoms with Gasteiger partial charge in [-0.2, -0.15) is 0 Å². The molecule has 0 radical (unpaired) electrons. The average Bonchev–Trinajstić information content (AvgIpc) is 3.55. The quantitative estimate of drug-likeness (QED) is 0.141.